The van der Waals surface area contributed by atoms with Crippen molar-refractivity contribution in [3.63, 3.8) is 0 Å². The number of nitrogens with zero attached hydrogens (tertiary/aromatic N) is 3. The van der Waals surface area contributed by atoms with E-state index in [4.69, 9.17) is 24.1 Å². The third-order valence-corrected chi connectivity index (χ3v) is 8.42. The highest BCUT2D eigenvalue weighted by molar-refractivity contribution is 7.89. The van der Waals surface area contributed by atoms with Gasteiger partial charge in [-0.15, -0.1) is 0 Å². The van der Waals surface area contributed by atoms with E-state index < -0.39 is 10.0 Å². The van der Waals surface area contributed by atoms with Crippen molar-refractivity contribution in [3.8, 4) is 23.0 Å². The standard InChI is InChI=1S/C17H27NO3.C12H19N3O3S/c1-5-6-7-9-18-10-8-13-11-15(19-2)17(21-4)16(20-3)14(13)12-18;1-14-5-7-15(8-6-14)11-9-10(19(13,16)17)3-4-12(11)18-2/h11H,5-10,12H2,1-4H3;3-4,9H,5-8H2,1-2H3,(H2,13,16,17). The van der Waals surface area contributed by atoms with Gasteiger partial charge >= 0.3 is 0 Å². The number of methoxy groups -OCH3 is 4. The van der Waals surface area contributed by atoms with Gasteiger partial charge in [-0.2, -0.15) is 0 Å². The van der Waals surface area contributed by atoms with Crippen LogP contribution in [0.1, 0.15) is 37.3 Å². The Morgan fingerprint density at radius 1 is 0.850 bits per heavy atom. The lowest BCUT2D eigenvalue weighted by Crippen LogP contribution is -2.44. The van der Waals surface area contributed by atoms with Crippen LogP contribution in [0, 0.1) is 0 Å². The monoisotopic (exact) mass is 578 g/mol. The summed E-state index contributed by atoms with van der Waals surface area (Å²) in [6.07, 6.45) is 4.87. The third-order valence-electron chi connectivity index (χ3n) is 7.51. The first-order valence-corrected chi connectivity index (χ1v) is 15.4. The molecule has 0 spiro atoms. The Kier molecular flexibility index (Phi) is 11.7. The van der Waals surface area contributed by atoms with E-state index >= 15 is 0 Å². The molecule has 224 valence electrons. The molecule has 2 heterocycles. The predicted molar refractivity (Wildman–Crippen MR) is 159 cm³/mol. The SMILES string of the molecule is CCCCCN1CCc2cc(OC)c(OC)c(OC)c2C1.COc1ccc(S(N)(=O)=O)cc1N1CCN(C)CC1. The molecule has 2 aromatic carbocycles. The molecule has 10 nitrogen and oxygen atoms in total. The third kappa shape index (κ3) is 7.93. The van der Waals surface area contributed by atoms with Crippen molar-refractivity contribution >= 4 is 15.7 Å². The highest BCUT2D eigenvalue weighted by Crippen LogP contribution is 2.43. The highest BCUT2D eigenvalue weighted by atomic mass is 32.2. The number of piperazine rings is 1. The lowest BCUT2D eigenvalue weighted by Gasteiger charge is -2.34. The maximum Gasteiger partial charge on any atom is 0.238 e. The van der Waals surface area contributed by atoms with Gasteiger partial charge in [0.25, 0.3) is 0 Å². The molecule has 40 heavy (non-hydrogen) atoms. The fourth-order valence-electron chi connectivity index (χ4n) is 5.16. The predicted octanol–water partition coefficient (Wildman–Crippen LogP) is 3.36. The summed E-state index contributed by atoms with van der Waals surface area (Å²) in [7, 11) is 4.98. The van der Waals surface area contributed by atoms with Gasteiger partial charge in [-0.1, -0.05) is 19.8 Å². The zero-order valence-corrected chi connectivity index (χ0v) is 25.7. The van der Waals surface area contributed by atoms with Crippen LogP contribution in [0.2, 0.25) is 0 Å². The van der Waals surface area contributed by atoms with E-state index in [-0.39, 0.29) is 4.90 Å². The van der Waals surface area contributed by atoms with Crippen LogP contribution >= 0.6 is 0 Å². The molecular weight excluding hydrogens is 532 g/mol. The lowest BCUT2D eigenvalue weighted by molar-refractivity contribution is 0.239. The van der Waals surface area contributed by atoms with Crippen LogP contribution in [0.15, 0.2) is 29.2 Å². The van der Waals surface area contributed by atoms with Crippen LogP contribution < -0.4 is 29.0 Å². The molecule has 0 atom stereocenters. The summed E-state index contributed by atoms with van der Waals surface area (Å²) in [6, 6.07) is 6.79. The Morgan fingerprint density at radius 3 is 2.10 bits per heavy atom. The highest BCUT2D eigenvalue weighted by Gasteiger charge is 2.25. The van der Waals surface area contributed by atoms with Gasteiger partial charge in [0.15, 0.2) is 11.5 Å². The van der Waals surface area contributed by atoms with Crippen molar-refractivity contribution in [2.24, 2.45) is 5.14 Å². The Hall–Kier alpha value is -2.73. The number of rotatable bonds is 10. The summed E-state index contributed by atoms with van der Waals surface area (Å²) in [5.41, 5.74) is 3.34. The second-order valence-electron chi connectivity index (χ2n) is 10.2. The minimum atomic E-state index is -3.69. The Bertz CT molecular complexity index is 1220. The first-order valence-electron chi connectivity index (χ1n) is 13.8. The van der Waals surface area contributed by atoms with Gasteiger partial charge in [-0.05, 0) is 56.3 Å². The fraction of sp³-hybridized carbons (Fsp3) is 0.586. The van der Waals surface area contributed by atoms with Crippen molar-refractivity contribution in [3.05, 3.63) is 35.4 Å². The van der Waals surface area contributed by atoms with Gasteiger partial charge in [0.1, 0.15) is 5.75 Å². The summed E-state index contributed by atoms with van der Waals surface area (Å²) in [5.74, 6) is 2.95. The number of nitrogens with two attached hydrogens (primary N) is 1. The van der Waals surface area contributed by atoms with Crippen molar-refractivity contribution in [1.29, 1.82) is 0 Å². The molecule has 0 aromatic heterocycles. The van der Waals surface area contributed by atoms with Gasteiger partial charge in [0.05, 0.1) is 39.0 Å². The van der Waals surface area contributed by atoms with Crippen molar-refractivity contribution < 1.29 is 27.4 Å². The summed E-state index contributed by atoms with van der Waals surface area (Å²) in [6.45, 7) is 8.97. The van der Waals surface area contributed by atoms with Crippen molar-refractivity contribution in [1.82, 2.24) is 9.80 Å². The molecule has 2 N–H and O–H groups in total. The summed E-state index contributed by atoms with van der Waals surface area (Å²) < 4.78 is 44.7. The number of hydrogen-bond acceptors (Lipinski definition) is 9. The molecule has 0 bridgehead atoms. The van der Waals surface area contributed by atoms with E-state index in [2.05, 4.69) is 34.7 Å². The second-order valence-corrected chi connectivity index (χ2v) is 11.7. The number of primary sulfonamides is 1. The lowest BCUT2D eigenvalue weighted by atomic mass is 9.97. The normalized spacial score (nSPS) is 16.0. The van der Waals surface area contributed by atoms with E-state index in [0.29, 0.717) is 11.5 Å². The Morgan fingerprint density at radius 2 is 1.52 bits per heavy atom. The summed E-state index contributed by atoms with van der Waals surface area (Å²) >= 11 is 0. The smallest absolute Gasteiger partial charge is 0.238 e. The zero-order valence-electron chi connectivity index (χ0n) is 24.9. The van der Waals surface area contributed by atoms with Crippen molar-refractivity contribution in [2.75, 3.05) is 79.7 Å². The van der Waals surface area contributed by atoms with Crippen LogP contribution in [-0.2, 0) is 23.0 Å². The molecule has 2 aromatic rings. The van der Waals surface area contributed by atoms with Gasteiger partial charge in [-0.25, -0.2) is 13.6 Å². The maximum atomic E-state index is 11.4. The van der Waals surface area contributed by atoms with E-state index in [1.165, 1.54) is 36.5 Å². The topological polar surface area (TPSA) is 107 Å². The quantitative estimate of drug-likeness (QED) is 0.425. The number of hydrogen-bond donors (Lipinski definition) is 1. The van der Waals surface area contributed by atoms with Crippen LogP contribution in [0.4, 0.5) is 5.69 Å². The zero-order chi connectivity index (χ0) is 29.3. The van der Waals surface area contributed by atoms with Crippen molar-refractivity contribution in [2.45, 2.75) is 44.0 Å². The van der Waals surface area contributed by atoms with E-state index in [1.54, 1.807) is 40.6 Å². The number of ether oxygens (including phenoxy) is 4. The summed E-state index contributed by atoms with van der Waals surface area (Å²) in [4.78, 5) is 6.97. The fourth-order valence-corrected chi connectivity index (χ4v) is 5.70. The molecule has 1 saturated heterocycles. The average Bonchev–Trinajstić information content (AvgIpc) is 2.96. The van der Waals surface area contributed by atoms with Gasteiger partial charge in [0, 0.05) is 44.8 Å². The first kappa shape index (κ1) is 31.8. The van der Waals surface area contributed by atoms with Gasteiger partial charge in [-0.3, -0.25) is 4.90 Å². The molecule has 1 fully saturated rings. The van der Waals surface area contributed by atoms with E-state index in [1.807, 2.05) is 0 Å². The number of fused-ring (bicyclic) bond motifs is 1. The average molecular weight is 579 g/mol. The molecule has 0 unspecified atom stereocenters. The number of likely N-dealkylation sites (N-methyl/N-ethyl adjacent to an activating group) is 1. The van der Waals surface area contributed by atoms with Gasteiger partial charge < -0.3 is 28.7 Å². The molecule has 0 aliphatic carbocycles. The maximum absolute atomic E-state index is 11.4. The number of anilines is 1. The second kappa shape index (κ2) is 14.8. The molecule has 2 aliphatic rings. The Balaban J connectivity index is 0.000000222. The van der Waals surface area contributed by atoms with Crippen LogP contribution in [-0.4, -0.2) is 93.0 Å². The Labute approximate surface area is 240 Å². The molecule has 0 amide bonds. The van der Waals surface area contributed by atoms with Crippen LogP contribution in [0.5, 0.6) is 23.0 Å². The number of sulfonamides is 1. The minimum Gasteiger partial charge on any atom is -0.495 e. The molecule has 0 radical (unpaired) electrons. The molecule has 4 rings (SSSR count). The minimum absolute atomic E-state index is 0.113. The van der Waals surface area contributed by atoms with E-state index in [0.717, 1.165) is 69.4 Å². The molecule has 11 heteroatoms. The number of unbranched alkanes of at least 4 members (excludes halogenated alkanes) is 2. The largest absolute Gasteiger partial charge is 0.495 e. The van der Waals surface area contributed by atoms with Gasteiger partial charge in [0.2, 0.25) is 15.8 Å². The number of benzene rings is 2. The van der Waals surface area contributed by atoms with Crippen LogP contribution in [0.3, 0.4) is 0 Å². The first-order chi connectivity index (χ1) is 19.2. The summed E-state index contributed by atoms with van der Waals surface area (Å²) in [5, 5.41) is 5.17. The van der Waals surface area contributed by atoms with E-state index in [9.17, 15) is 8.42 Å². The molecular formula is C29H46N4O6S. The molecule has 0 saturated carbocycles. The van der Waals surface area contributed by atoms with Crippen LogP contribution in [0.25, 0.3) is 0 Å². The molecule has 2 aliphatic heterocycles.